The first-order valence-corrected chi connectivity index (χ1v) is 15.9. The molecule has 0 N–H and O–H groups in total. The second-order valence-electron chi connectivity index (χ2n) is 10.1. The number of ether oxygens (including phenoxy) is 2. The zero-order chi connectivity index (χ0) is 25.8. The van der Waals surface area contributed by atoms with Gasteiger partial charge in [0.05, 0.1) is 12.2 Å². The van der Waals surface area contributed by atoms with Crippen LogP contribution in [-0.2, 0) is 9.47 Å². The van der Waals surface area contributed by atoms with Crippen LogP contribution in [0.1, 0.15) is 27.7 Å². The van der Waals surface area contributed by atoms with Crippen LogP contribution in [0.25, 0.3) is 0 Å². The van der Waals surface area contributed by atoms with Gasteiger partial charge in [0.25, 0.3) is 0 Å². The van der Waals surface area contributed by atoms with E-state index < -0.39 is 21.6 Å². The first-order valence-electron chi connectivity index (χ1n) is 13.1. The lowest BCUT2D eigenvalue weighted by Crippen LogP contribution is -2.42. The molecular formula is C33H36O2P2. The highest BCUT2D eigenvalue weighted by molar-refractivity contribution is 7.74. The summed E-state index contributed by atoms with van der Waals surface area (Å²) in [5.74, 6) is -0.624. The number of hydrogen-bond donors (Lipinski definition) is 0. The van der Waals surface area contributed by atoms with Crippen molar-refractivity contribution in [1.29, 1.82) is 0 Å². The average Bonchev–Trinajstić information content (AvgIpc) is 3.27. The quantitative estimate of drug-likeness (QED) is 0.243. The molecule has 190 valence electrons. The smallest absolute Gasteiger partial charge is 0.163 e. The molecule has 4 aromatic rings. The van der Waals surface area contributed by atoms with Gasteiger partial charge < -0.3 is 9.47 Å². The SMILES string of the molecule is CC([C@H]1OC(C)(C)O[C@@H]1[C@H](C)P(c1ccccc1)c1ccccc1)P(c1ccccc1)c1ccccc1. The summed E-state index contributed by atoms with van der Waals surface area (Å²) < 4.78 is 13.6. The summed E-state index contributed by atoms with van der Waals surface area (Å²) in [5, 5.41) is 5.52. The van der Waals surface area contributed by atoms with Gasteiger partial charge in [-0.25, -0.2) is 0 Å². The average molecular weight is 527 g/mol. The van der Waals surface area contributed by atoms with E-state index in [1.54, 1.807) is 0 Å². The van der Waals surface area contributed by atoms with Gasteiger partial charge in [0.2, 0.25) is 0 Å². The summed E-state index contributed by atoms with van der Waals surface area (Å²) in [6.45, 7) is 8.88. The van der Waals surface area contributed by atoms with Gasteiger partial charge in [-0.2, -0.15) is 0 Å². The molecule has 0 aromatic heterocycles. The lowest BCUT2D eigenvalue weighted by Gasteiger charge is -2.36. The number of benzene rings is 4. The van der Waals surface area contributed by atoms with Gasteiger partial charge in [-0.3, -0.25) is 0 Å². The molecule has 4 heteroatoms. The Balaban J connectivity index is 1.55. The molecule has 0 saturated carbocycles. The van der Waals surface area contributed by atoms with Crippen molar-refractivity contribution in [2.75, 3.05) is 0 Å². The Morgan fingerprint density at radius 1 is 0.486 bits per heavy atom. The maximum Gasteiger partial charge on any atom is 0.163 e. The Morgan fingerprint density at radius 2 is 0.730 bits per heavy atom. The van der Waals surface area contributed by atoms with Crippen LogP contribution >= 0.6 is 15.8 Å². The third-order valence-corrected chi connectivity index (χ3v) is 12.7. The van der Waals surface area contributed by atoms with E-state index in [1.807, 2.05) is 0 Å². The second kappa shape index (κ2) is 11.6. The van der Waals surface area contributed by atoms with Crippen LogP contribution < -0.4 is 21.2 Å². The summed E-state index contributed by atoms with van der Waals surface area (Å²) in [4.78, 5) is 0. The van der Waals surface area contributed by atoms with Gasteiger partial charge in [0.15, 0.2) is 5.79 Å². The van der Waals surface area contributed by atoms with Crippen molar-refractivity contribution in [3.8, 4) is 0 Å². The van der Waals surface area contributed by atoms with Crippen molar-refractivity contribution < 1.29 is 9.47 Å². The van der Waals surface area contributed by atoms with Crippen molar-refractivity contribution in [1.82, 2.24) is 0 Å². The molecule has 2 nitrogen and oxygen atoms in total. The highest BCUT2D eigenvalue weighted by atomic mass is 31.1. The molecule has 1 aliphatic rings. The molecule has 1 heterocycles. The Bertz CT molecular complexity index is 1070. The van der Waals surface area contributed by atoms with Crippen molar-refractivity contribution in [2.45, 2.75) is 57.0 Å². The highest BCUT2D eigenvalue weighted by Crippen LogP contribution is 2.51. The second-order valence-corrected chi connectivity index (χ2v) is 15.3. The van der Waals surface area contributed by atoms with E-state index in [0.29, 0.717) is 0 Å². The first kappa shape index (κ1) is 26.3. The van der Waals surface area contributed by atoms with Gasteiger partial charge in [0, 0.05) is 11.3 Å². The summed E-state index contributed by atoms with van der Waals surface area (Å²) in [7, 11) is -1.28. The predicted molar refractivity (Wildman–Crippen MR) is 161 cm³/mol. The first-order chi connectivity index (χ1) is 17.9. The van der Waals surface area contributed by atoms with E-state index in [0.717, 1.165) is 0 Å². The molecule has 0 bridgehead atoms. The van der Waals surface area contributed by atoms with Crippen molar-refractivity contribution in [3.05, 3.63) is 121 Å². The van der Waals surface area contributed by atoms with Gasteiger partial charge in [-0.1, -0.05) is 135 Å². The molecule has 37 heavy (non-hydrogen) atoms. The maximum absolute atomic E-state index is 6.79. The van der Waals surface area contributed by atoms with E-state index in [1.165, 1.54) is 21.2 Å². The molecule has 1 aliphatic heterocycles. The fraction of sp³-hybridized carbons (Fsp3) is 0.273. The largest absolute Gasteiger partial charge is 0.344 e. The van der Waals surface area contributed by atoms with E-state index >= 15 is 0 Å². The van der Waals surface area contributed by atoms with Gasteiger partial charge in [0.1, 0.15) is 0 Å². The van der Waals surface area contributed by atoms with E-state index in [9.17, 15) is 0 Å². The van der Waals surface area contributed by atoms with E-state index in [-0.39, 0.29) is 23.5 Å². The Labute approximate surface area is 224 Å². The molecule has 4 atom stereocenters. The maximum atomic E-state index is 6.79. The van der Waals surface area contributed by atoms with E-state index in [2.05, 4.69) is 149 Å². The van der Waals surface area contributed by atoms with Crippen molar-refractivity contribution >= 4 is 37.1 Å². The zero-order valence-electron chi connectivity index (χ0n) is 22.1. The highest BCUT2D eigenvalue weighted by Gasteiger charge is 2.49. The fourth-order valence-electron chi connectivity index (χ4n) is 5.45. The van der Waals surface area contributed by atoms with E-state index in [4.69, 9.17) is 9.47 Å². The number of hydrogen-bond acceptors (Lipinski definition) is 2. The minimum atomic E-state index is -0.642. The summed E-state index contributed by atoms with van der Waals surface area (Å²) in [5.41, 5.74) is 0.551. The van der Waals surface area contributed by atoms with Crippen molar-refractivity contribution in [3.63, 3.8) is 0 Å². The molecular weight excluding hydrogens is 490 g/mol. The Kier molecular flexibility index (Phi) is 8.23. The molecule has 0 aliphatic carbocycles. The van der Waals surface area contributed by atoms with Crippen LogP contribution in [0.3, 0.4) is 0 Å². The summed E-state index contributed by atoms with van der Waals surface area (Å²) in [6.07, 6.45) is -0.0390. The van der Waals surface area contributed by atoms with Crippen molar-refractivity contribution in [2.24, 2.45) is 0 Å². The molecule has 0 spiro atoms. The van der Waals surface area contributed by atoms with Crippen LogP contribution in [-0.4, -0.2) is 29.3 Å². The Hall–Kier alpha value is -2.34. The van der Waals surface area contributed by atoms with Gasteiger partial charge >= 0.3 is 0 Å². The van der Waals surface area contributed by atoms with Crippen LogP contribution in [0, 0.1) is 0 Å². The third-order valence-electron chi connectivity index (χ3n) is 7.07. The molecule has 5 rings (SSSR count). The summed E-state index contributed by atoms with van der Waals surface area (Å²) in [6, 6.07) is 43.8. The predicted octanol–water partition coefficient (Wildman–Crippen LogP) is 6.55. The topological polar surface area (TPSA) is 18.5 Å². The lowest BCUT2D eigenvalue weighted by atomic mass is 10.1. The summed E-state index contributed by atoms with van der Waals surface area (Å²) >= 11 is 0. The third kappa shape index (κ3) is 5.89. The van der Waals surface area contributed by atoms with Crippen LogP contribution in [0.2, 0.25) is 0 Å². The Morgan fingerprint density at radius 3 is 0.973 bits per heavy atom. The monoisotopic (exact) mass is 526 g/mol. The molecule has 1 unspecified atom stereocenters. The van der Waals surface area contributed by atoms with Crippen LogP contribution in [0.4, 0.5) is 0 Å². The van der Waals surface area contributed by atoms with Gasteiger partial charge in [-0.05, 0) is 50.9 Å². The standard InChI is InChI=1S/C33H36O2P2/c1-25(36(27-17-9-5-10-18-27)28-19-11-6-12-20-28)31-32(35-33(3,4)34-31)26(2)37(29-21-13-7-14-22-29)30-23-15-8-16-24-30/h5-26,31-32H,1-4H3/t25-,26?,31+,32+/m0/s1. The van der Waals surface area contributed by atoms with Crippen LogP contribution in [0.15, 0.2) is 121 Å². The molecule has 1 saturated heterocycles. The minimum absolute atomic E-state index is 0.0195. The van der Waals surface area contributed by atoms with Crippen LogP contribution in [0.5, 0.6) is 0 Å². The molecule has 4 aromatic carbocycles. The fourth-order valence-corrected chi connectivity index (χ4v) is 10.9. The zero-order valence-corrected chi connectivity index (χ0v) is 23.9. The minimum Gasteiger partial charge on any atom is -0.344 e. The van der Waals surface area contributed by atoms with Gasteiger partial charge in [-0.15, -0.1) is 0 Å². The molecule has 0 amide bonds. The molecule has 0 radical (unpaired) electrons. The normalized spacial score (nSPS) is 20.7. The molecule has 1 fully saturated rings. The lowest BCUT2D eigenvalue weighted by molar-refractivity contribution is -0.145. The number of rotatable bonds is 8.